The molecule has 2 atom stereocenters. The van der Waals surface area contributed by atoms with Crippen LogP contribution in [0.3, 0.4) is 0 Å². The number of alkyl halides is 3. The first-order chi connectivity index (χ1) is 9.60. The molecule has 0 saturated heterocycles. The van der Waals surface area contributed by atoms with Crippen molar-refractivity contribution in [3.05, 3.63) is 29.8 Å². The first-order valence-electron chi connectivity index (χ1n) is 6.52. The van der Waals surface area contributed by atoms with Gasteiger partial charge in [-0.25, -0.2) is 0 Å². The van der Waals surface area contributed by atoms with Crippen molar-refractivity contribution in [1.82, 2.24) is 5.32 Å². The van der Waals surface area contributed by atoms with E-state index in [0.717, 1.165) is 24.6 Å². The Hall–Kier alpha value is -1.17. The lowest BCUT2D eigenvalue weighted by Crippen LogP contribution is -2.37. The van der Waals surface area contributed by atoms with Crippen molar-refractivity contribution >= 4 is 21.8 Å². The zero-order valence-electron chi connectivity index (χ0n) is 10.8. The van der Waals surface area contributed by atoms with Crippen LogP contribution in [0.4, 0.5) is 8.78 Å². The van der Waals surface area contributed by atoms with Crippen molar-refractivity contribution < 1.29 is 18.3 Å². The molecule has 1 amide bonds. The van der Waals surface area contributed by atoms with Crippen LogP contribution in [0.25, 0.3) is 0 Å². The number of ether oxygens (including phenoxy) is 1. The summed E-state index contributed by atoms with van der Waals surface area (Å²) in [6.45, 7) is -2.85. The third kappa shape index (κ3) is 3.91. The van der Waals surface area contributed by atoms with Crippen molar-refractivity contribution in [2.75, 3.05) is 5.33 Å². The Morgan fingerprint density at radius 2 is 2.05 bits per heavy atom. The number of hydrogen-bond donors (Lipinski definition) is 1. The number of benzene rings is 1. The van der Waals surface area contributed by atoms with Gasteiger partial charge in [0.1, 0.15) is 5.75 Å². The molecule has 0 aromatic heterocycles. The van der Waals surface area contributed by atoms with E-state index in [4.69, 9.17) is 0 Å². The Morgan fingerprint density at radius 3 is 2.65 bits per heavy atom. The molecule has 1 saturated carbocycles. The molecule has 0 aliphatic heterocycles. The van der Waals surface area contributed by atoms with Gasteiger partial charge < -0.3 is 10.1 Å². The smallest absolute Gasteiger partial charge is 0.387 e. The van der Waals surface area contributed by atoms with Crippen molar-refractivity contribution in [2.24, 2.45) is 5.92 Å². The van der Waals surface area contributed by atoms with E-state index < -0.39 is 6.61 Å². The van der Waals surface area contributed by atoms with E-state index in [9.17, 15) is 13.6 Å². The molecule has 1 aromatic carbocycles. The van der Waals surface area contributed by atoms with Gasteiger partial charge in [0, 0.05) is 16.9 Å². The van der Waals surface area contributed by atoms with Crippen LogP contribution >= 0.6 is 15.9 Å². The molecular formula is C14H16BrF2NO2. The predicted octanol–water partition coefficient (Wildman–Crippen LogP) is 3.58. The molecule has 0 spiro atoms. The summed E-state index contributed by atoms with van der Waals surface area (Å²) in [5, 5.41) is 3.87. The fourth-order valence-electron chi connectivity index (χ4n) is 2.45. The largest absolute Gasteiger partial charge is 0.435 e. The quantitative estimate of drug-likeness (QED) is 0.826. The van der Waals surface area contributed by atoms with E-state index in [1.165, 1.54) is 24.3 Å². The summed E-state index contributed by atoms with van der Waals surface area (Å²) < 4.78 is 28.3. The van der Waals surface area contributed by atoms with Crippen molar-refractivity contribution in [1.29, 1.82) is 0 Å². The standard InChI is InChI=1S/C14H16BrF2NO2/c15-8-10-2-1-3-12(10)18-13(19)9-4-6-11(7-5-9)20-14(16)17/h4-7,10,12,14H,1-3,8H2,(H,18,19). The first kappa shape index (κ1) is 15.2. The van der Waals surface area contributed by atoms with Gasteiger partial charge in [-0.05, 0) is 43.0 Å². The van der Waals surface area contributed by atoms with Crippen molar-refractivity contribution in [2.45, 2.75) is 31.9 Å². The van der Waals surface area contributed by atoms with Crippen LogP contribution in [0, 0.1) is 5.92 Å². The van der Waals surface area contributed by atoms with Gasteiger partial charge in [0.2, 0.25) is 0 Å². The van der Waals surface area contributed by atoms with Crippen molar-refractivity contribution in [3.63, 3.8) is 0 Å². The van der Waals surface area contributed by atoms with Gasteiger partial charge in [0.25, 0.3) is 5.91 Å². The van der Waals surface area contributed by atoms with E-state index in [1.807, 2.05) is 0 Å². The number of halogens is 3. The number of hydrogen-bond acceptors (Lipinski definition) is 2. The fraction of sp³-hybridized carbons (Fsp3) is 0.500. The zero-order chi connectivity index (χ0) is 14.5. The maximum Gasteiger partial charge on any atom is 0.387 e. The summed E-state index contributed by atoms with van der Waals surface area (Å²) in [5.74, 6) is 0.336. The lowest BCUT2D eigenvalue weighted by atomic mass is 10.1. The number of carbonyl (C=O) groups is 1. The van der Waals surface area contributed by atoms with Crippen LogP contribution < -0.4 is 10.1 Å². The molecule has 2 rings (SSSR count). The van der Waals surface area contributed by atoms with Gasteiger partial charge in [-0.1, -0.05) is 22.4 Å². The minimum absolute atomic E-state index is 0.0516. The molecule has 1 N–H and O–H groups in total. The van der Waals surface area contributed by atoms with Gasteiger partial charge in [-0.2, -0.15) is 8.78 Å². The van der Waals surface area contributed by atoms with Crippen LogP contribution in [0.15, 0.2) is 24.3 Å². The molecular weight excluding hydrogens is 332 g/mol. The highest BCUT2D eigenvalue weighted by Gasteiger charge is 2.27. The maximum atomic E-state index is 12.1. The normalized spacial score (nSPS) is 22.0. The second kappa shape index (κ2) is 7.02. The molecule has 2 unspecified atom stereocenters. The molecule has 1 aromatic rings. The summed E-state index contributed by atoms with van der Waals surface area (Å²) in [4.78, 5) is 12.1. The Balaban J connectivity index is 1.95. The average molecular weight is 348 g/mol. The Morgan fingerprint density at radius 1 is 1.35 bits per heavy atom. The third-order valence-electron chi connectivity index (χ3n) is 3.52. The van der Waals surface area contributed by atoms with Crippen LogP contribution in [0.5, 0.6) is 5.75 Å². The lowest BCUT2D eigenvalue weighted by molar-refractivity contribution is -0.0498. The van der Waals surface area contributed by atoms with Crippen LogP contribution in [-0.2, 0) is 0 Å². The minimum atomic E-state index is -2.85. The number of carbonyl (C=O) groups excluding carboxylic acids is 1. The molecule has 110 valence electrons. The summed E-state index contributed by atoms with van der Waals surface area (Å²) in [6.07, 6.45) is 3.20. The molecule has 0 bridgehead atoms. The summed E-state index contributed by atoms with van der Waals surface area (Å²) in [6, 6.07) is 5.91. The number of nitrogens with one attached hydrogen (secondary N) is 1. The molecule has 1 aliphatic carbocycles. The SMILES string of the molecule is O=C(NC1CCCC1CBr)c1ccc(OC(F)F)cc1. The van der Waals surface area contributed by atoms with Crippen molar-refractivity contribution in [3.8, 4) is 5.75 Å². The van der Waals surface area contributed by atoms with Gasteiger partial charge in [-0.3, -0.25) is 4.79 Å². The highest BCUT2D eigenvalue weighted by molar-refractivity contribution is 9.09. The van der Waals surface area contributed by atoms with Crippen LogP contribution in [-0.4, -0.2) is 23.9 Å². The average Bonchev–Trinajstić information content (AvgIpc) is 2.86. The van der Waals surface area contributed by atoms with Gasteiger partial charge in [0.15, 0.2) is 0 Å². The van der Waals surface area contributed by atoms with E-state index in [2.05, 4.69) is 26.0 Å². The number of amides is 1. The third-order valence-corrected chi connectivity index (χ3v) is 4.35. The van der Waals surface area contributed by atoms with E-state index in [1.54, 1.807) is 0 Å². The molecule has 0 heterocycles. The molecule has 3 nitrogen and oxygen atoms in total. The van der Waals surface area contributed by atoms with Crippen LogP contribution in [0.1, 0.15) is 29.6 Å². The maximum absolute atomic E-state index is 12.1. The number of rotatable bonds is 5. The topological polar surface area (TPSA) is 38.3 Å². The molecule has 0 radical (unpaired) electrons. The summed E-state index contributed by atoms with van der Waals surface area (Å²) in [7, 11) is 0. The monoisotopic (exact) mass is 347 g/mol. The Bertz CT molecular complexity index is 453. The molecule has 6 heteroatoms. The Labute approximate surface area is 124 Å². The van der Waals surface area contributed by atoms with Gasteiger partial charge in [-0.15, -0.1) is 0 Å². The van der Waals surface area contributed by atoms with E-state index >= 15 is 0 Å². The Kier molecular flexibility index (Phi) is 5.34. The summed E-state index contributed by atoms with van der Waals surface area (Å²) in [5.41, 5.74) is 0.451. The second-order valence-electron chi connectivity index (χ2n) is 4.83. The predicted molar refractivity (Wildman–Crippen MR) is 75.5 cm³/mol. The van der Waals surface area contributed by atoms with Crippen LogP contribution in [0.2, 0.25) is 0 Å². The highest BCUT2D eigenvalue weighted by atomic mass is 79.9. The first-order valence-corrected chi connectivity index (χ1v) is 7.64. The minimum Gasteiger partial charge on any atom is -0.435 e. The zero-order valence-corrected chi connectivity index (χ0v) is 12.4. The van der Waals surface area contributed by atoms with E-state index in [0.29, 0.717) is 11.5 Å². The second-order valence-corrected chi connectivity index (χ2v) is 5.48. The molecule has 1 aliphatic rings. The van der Waals surface area contributed by atoms with Gasteiger partial charge >= 0.3 is 6.61 Å². The summed E-state index contributed by atoms with van der Waals surface area (Å²) >= 11 is 3.46. The highest BCUT2D eigenvalue weighted by Crippen LogP contribution is 2.27. The molecule has 20 heavy (non-hydrogen) atoms. The van der Waals surface area contributed by atoms with Gasteiger partial charge in [0.05, 0.1) is 0 Å². The fourth-order valence-corrected chi connectivity index (χ4v) is 3.23. The van der Waals surface area contributed by atoms with E-state index in [-0.39, 0.29) is 17.7 Å². The molecule has 1 fully saturated rings. The lowest BCUT2D eigenvalue weighted by Gasteiger charge is -2.19.